The van der Waals surface area contributed by atoms with E-state index in [4.69, 9.17) is 9.52 Å². The van der Waals surface area contributed by atoms with Crippen molar-refractivity contribution < 1.29 is 32.3 Å². The number of carbonyl (C=O) groups excluding carboxylic acids is 1. The minimum Gasteiger partial charge on any atom is -0.478 e. The second kappa shape index (κ2) is 7.60. The van der Waals surface area contributed by atoms with Gasteiger partial charge in [-0.25, -0.2) is 4.79 Å². The van der Waals surface area contributed by atoms with Crippen molar-refractivity contribution in [1.82, 2.24) is 0 Å². The number of aromatic carboxylic acids is 1. The van der Waals surface area contributed by atoms with Gasteiger partial charge in [0.25, 0.3) is 5.91 Å². The summed E-state index contributed by atoms with van der Waals surface area (Å²) in [4.78, 5) is 23.6. The van der Waals surface area contributed by atoms with Gasteiger partial charge in [-0.05, 0) is 42.5 Å². The van der Waals surface area contributed by atoms with Gasteiger partial charge < -0.3 is 9.52 Å². The Morgan fingerprint density at radius 1 is 1.00 bits per heavy atom. The number of carbonyl (C=O) groups is 2. The number of amides is 1. The van der Waals surface area contributed by atoms with Crippen molar-refractivity contribution in [3.63, 3.8) is 0 Å². The summed E-state index contributed by atoms with van der Waals surface area (Å²) in [7, 11) is 0. The van der Waals surface area contributed by atoms with Crippen LogP contribution in [0.25, 0.3) is 17.4 Å². The van der Waals surface area contributed by atoms with Crippen LogP contribution in [0.1, 0.15) is 16.1 Å². The lowest BCUT2D eigenvalue weighted by Crippen LogP contribution is -2.25. The number of halogens is 3. The van der Waals surface area contributed by atoms with E-state index in [0.717, 1.165) is 6.08 Å². The number of hydrogen-bond donors (Lipinski definition) is 1. The molecule has 9 heteroatoms. The van der Waals surface area contributed by atoms with Crippen molar-refractivity contribution >= 4 is 29.4 Å². The zero-order valence-corrected chi connectivity index (χ0v) is 15.6. The Kier molecular flexibility index (Phi) is 4.94. The van der Waals surface area contributed by atoms with Gasteiger partial charge in [-0.1, -0.05) is 30.3 Å². The molecule has 0 saturated heterocycles. The number of furan rings is 1. The largest absolute Gasteiger partial charge is 0.478 e. The van der Waals surface area contributed by atoms with Crippen molar-refractivity contribution in [3.8, 4) is 11.3 Å². The van der Waals surface area contributed by atoms with E-state index in [2.05, 4.69) is 5.10 Å². The Bertz CT molecular complexity index is 1210. The third kappa shape index (κ3) is 3.97. The summed E-state index contributed by atoms with van der Waals surface area (Å²) in [5.41, 5.74) is -1.14. The quantitative estimate of drug-likeness (QED) is 0.596. The van der Waals surface area contributed by atoms with Crippen LogP contribution >= 0.6 is 0 Å². The molecule has 0 bridgehead atoms. The summed E-state index contributed by atoms with van der Waals surface area (Å²) in [5, 5.41) is 13.1. The maximum Gasteiger partial charge on any atom is 0.435 e. The number of benzene rings is 2. The highest BCUT2D eigenvalue weighted by atomic mass is 19.4. The van der Waals surface area contributed by atoms with Crippen LogP contribution in [0.2, 0.25) is 0 Å². The summed E-state index contributed by atoms with van der Waals surface area (Å²) in [6.45, 7) is 0. The summed E-state index contributed by atoms with van der Waals surface area (Å²) >= 11 is 0. The van der Waals surface area contributed by atoms with Gasteiger partial charge in [0.1, 0.15) is 11.5 Å². The van der Waals surface area contributed by atoms with E-state index in [-0.39, 0.29) is 17.0 Å². The first kappa shape index (κ1) is 20.1. The van der Waals surface area contributed by atoms with Crippen molar-refractivity contribution in [2.75, 3.05) is 5.01 Å². The third-order valence-electron chi connectivity index (χ3n) is 4.48. The Morgan fingerprint density at radius 3 is 2.29 bits per heavy atom. The van der Waals surface area contributed by atoms with Gasteiger partial charge in [0.15, 0.2) is 5.71 Å². The molecule has 0 aliphatic carbocycles. The lowest BCUT2D eigenvalue weighted by molar-refractivity contribution is -0.114. The fraction of sp³-hybridized carbons (Fsp3) is 0.0455. The van der Waals surface area contributed by atoms with Crippen LogP contribution < -0.4 is 5.01 Å². The van der Waals surface area contributed by atoms with Crippen molar-refractivity contribution in [2.45, 2.75) is 6.18 Å². The molecule has 1 aromatic heterocycles. The van der Waals surface area contributed by atoms with E-state index >= 15 is 0 Å². The zero-order chi connectivity index (χ0) is 22.2. The third-order valence-corrected chi connectivity index (χ3v) is 4.48. The molecule has 156 valence electrons. The number of carboxylic acids is 1. The SMILES string of the molecule is O=C(O)c1ccc(-c2ccc(C=C3C(=O)N(c4ccccc4)N=C3C(F)(F)F)o2)cc1. The van der Waals surface area contributed by atoms with Crippen LogP contribution in [0.3, 0.4) is 0 Å². The van der Waals surface area contributed by atoms with E-state index in [1.54, 1.807) is 18.2 Å². The average Bonchev–Trinajstić information content (AvgIpc) is 3.34. The number of alkyl halides is 3. The first-order chi connectivity index (χ1) is 14.7. The first-order valence-corrected chi connectivity index (χ1v) is 8.95. The van der Waals surface area contributed by atoms with Crippen LogP contribution in [0.15, 0.2) is 81.8 Å². The number of hydrogen-bond acceptors (Lipinski definition) is 4. The van der Waals surface area contributed by atoms with Gasteiger partial charge in [0.05, 0.1) is 16.8 Å². The van der Waals surface area contributed by atoms with Crippen LogP contribution in [0, 0.1) is 0 Å². The molecule has 0 saturated carbocycles. The monoisotopic (exact) mass is 426 g/mol. The molecule has 3 aromatic rings. The number of nitrogens with zero attached hydrogens (tertiary/aromatic N) is 2. The Balaban J connectivity index is 1.68. The van der Waals surface area contributed by atoms with Crippen LogP contribution in [0.5, 0.6) is 0 Å². The highest BCUT2D eigenvalue weighted by Gasteiger charge is 2.47. The second-order valence-corrected chi connectivity index (χ2v) is 6.54. The fourth-order valence-corrected chi connectivity index (χ4v) is 3.00. The molecule has 0 fully saturated rings. The molecule has 0 radical (unpaired) electrons. The van der Waals surface area contributed by atoms with Gasteiger partial charge in [-0.2, -0.15) is 23.3 Å². The van der Waals surface area contributed by atoms with E-state index in [1.165, 1.54) is 48.5 Å². The fourth-order valence-electron chi connectivity index (χ4n) is 3.00. The highest BCUT2D eigenvalue weighted by Crippen LogP contribution is 2.33. The van der Waals surface area contributed by atoms with Gasteiger partial charge in [-0.3, -0.25) is 4.79 Å². The van der Waals surface area contributed by atoms with Crippen molar-refractivity contribution in [3.05, 3.63) is 83.6 Å². The molecule has 2 heterocycles. The number of para-hydroxylation sites is 1. The lowest BCUT2D eigenvalue weighted by Gasteiger charge is -2.10. The molecule has 0 unspecified atom stereocenters. The summed E-state index contributed by atoms with van der Waals surface area (Å²) in [6.07, 6.45) is -3.85. The number of anilines is 1. The van der Waals surface area contributed by atoms with Gasteiger partial charge in [0.2, 0.25) is 0 Å². The van der Waals surface area contributed by atoms with Crippen molar-refractivity contribution in [1.29, 1.82) is 0 Å². The Morgan fingerprint density at radius 2 is 1.68 bits per heavy atom. The van der Waals surface area contributed by atoms with Gasteiger partial charge >= 0.3 is 12.1 Å². The summed E-state index contributed by atoms with van der Waals surface area (Å²) < 4.78 is 46.1. The first-order valence-electron chi connectivity index (χ1n) is 8.95. The lowest BCUT2D eigenvalue weighted by atomic mass is 10.1. The molecule has 0 spiro atoms. The maximum absolute atomic E-state index is 13.5. The summed E-state index contributed by atoms with van der Waals surface area (Å²) in [5.74, 6) is -1.69. The smallest absolute Gasteiger partial charge is 0.435 e. The topological polar surface area (TPSA) is 83.1 Å². The van der Waals surface area contributed by atoms with E-state index in [1.807, 2.05) is 0 Å². The zero-order valence-electron chi connectivity index (χ0n) is 15.6. The molecular formula is C22H13F3N2O4. The van der Waals surface area contributed by atoms with Gasteiger partial charge in [0, 0.05) is 5.56 Å². The predicted molar refractivity (Wildman–Crippen MR) is 106 cm³/mol. The molecular weight excluding hydrogens is 413 g/mol. The number of hydrazone groups is 1. The standard InChI is InChI=1S/C22H13F3N2O4/c23-22(24,25)19-17(20(28)27(26-19)15-4-2-1-3-5-15)12-16-10-11-18(31-16)13-6-8-14(9-7-13)21(29)30/h1-12H,(H,29,30). The van der Waals surface area contributed by atoms with Gasteiger partial charge in [-0.15, -0.1) is 0 Å². The molecule has 31 heavy (non-hydrogen) atoms. The summed E-state index contributed by atoms with van der Waals surface area (Å²) in [6, 6.07) is 16.5. The van der Waals surface area contributed by atoms with E-state index < -0.39 is 29.3 Å². The van der Waals surface area contributed by atoms with E-state index in [9.17, 15) is 22.8 Å². The normalized spacial score (nSPS) is 15.5. The van der Waals surface area contributed by atoms with E-state index in [0.29, 0.717) is 16.3 Å². The predicted octanol–water partition coefficient (Wildman–Crippen LogP) is 4.99. The van der Waals surface area contributed by atoms with Crippen LogP contribution in [0.4, 0.5) is 18.9 Å². The highest BCUT2D eigenvalue weighted by molar-refractivity contribution is 6.34. The molecule has 4 rings (SSSR count). The van der Waals surface area contributed by atoms with Crippen LogP contribution in [-0.4, -0.2) is 28.9 Å². The number of rotatable bonds is 4. The molecule has 0 atom stereocenters. The minimum atomic E-state index is -4.84. The molecule has 1 aliphatic heterocycles. The molecule has 1 N–H and O–H groups in total. The van der Waals surface area contributed by atoms with Crippen molar-refractivity contribution in [2.24, 2.45) is 5.10 Å². The Labute approximate surface area is 173 Å². The second-order valence-electron chi connectivity index (χ2n) is 6.54. The maximum atomic E-state index is 13.5. The molecule has 1 aliphatic rings. The molecule has 1 amide bonds. The number of carboxylic acid groups (broad SMARTS) is 1. The van der Waals surface area contributed by atoms with Crippen LogP contribution in [-0.2, 0) is 4.79 Å². The molecule has 6 nitrogen and oxygen atoms in total. The molecule has 2 aromatic carbocycles. The Hall–Kier alpha value is -4.14. The average molecular weight is 426 g/mol. The minimum absolute atomic E-state index is 0.0209.